The van der Waals surface area contributed by atoms with Crippen molar-refractivity contribution in [1.82, 2.24) is 10.2 Å². The average molecular weight is 290 g/mol. The number of hydrogen-bond donors (Lipinski definition) is 3. The van der Waals surface area contributed by atoms with Gasteiger partial charge in [-0.15, -0.1) is 0 Å². The summed E-state index contributed by atoms with van der Waals surface area (Å²) in [5.74, 6) is -1.44. The van der Waals surface area contributed by atoms with Gasteiger partial charge in [-0.05, 0) is 19.8 Å². The summed E-state index contributed by atoms with van der Waals surface area (Å²) in [6, 6.07) is -1.70. The Kier molecular flexibility index (Phi) is 6.34. The highest BCUT2D eigenvalue weighted by Gasteiger charge is 2.39. The van der Waals surface area contributed by atoms with Crippen LogP contribution in [0, 0.1) is 0 Å². The van der Waals surface area contributed by atoms with Gasteiger partial charge in [-0.1, -0.05) is 0 Å². The Labute approximate surface area is 117 Å². The molecule has 0 aromatic carbocycles. The molecule has 1 heterocycles. The number of aliphatic hydroxyl groups excluding tert-OH is 1. The minimum Gasteiger partial charge on any atom is -0.480 e. The monoisotopic (exact) mass is 290 g/mol. The molecule has 0 aromatic heterocycles. The third kappa shape index (κ3) is 3.89. The topological polar surface area (TPSA) is 108 Å². The molecule has 0 radical (unpaired) electrons. The van der Waals surface area contributed by atoms with Crippen LogP contribution >= 0.6 is 0 Å². The van der Waals surface area contributed by atoms with E-state index in [9.17, 15) is 14.7 Å². The molecule has 4 atom stereocenters. The van der Waals surface area contributed by atoms with E-state index in [1.807, 2.05) is 0 Å². The fourth-order valence-corrected chi connectivity index (χ4v) is 2.23. The fourth-order valence-electron chi connectivity index (χ4n) is 2.23. The highest BCUT2D eigenvalue weighted by Crippen LogP contribution is 2.19. The van der Waals surface area contributed by atoms with E-state index in [1.54, 1.807) is 6.92 Å². The first-order chi connectivity index (χ1) is 9.42. The molecule has 116 valence electrons. The van der Waals surface area contributed by atoms with Crippen LogP contribution in [0.4, 0.5) is 0 Å². The average Bonchev–Trinajstić information content (AvgIpc) is 2.92. The van der Waals surface area contributed by atoms with E-state index in [2.05, 4.69) is 10.1 Å². The molecule has 1 fully saturated rings. The van der Waals surface area contributed by atoms with Gasteiger partial charge in [0.2, 0.25) is 12.3 Å². The lowest BCUT2D eigenvalue weighted by Crippen LogP contribution is -2.57. The second kappa shape index (κ2) is 7.53. The number of rotatable bonds is 7. The van der Waals surface area contributed by atoms with E-state index in [0.717, 1.165) is 0 Å². The molecule has 1 rings (SSSR count). The van der Waals surface area contributed by atoms with Crippen LogP contribution < -0.4 is 5.32 Å². The number of carbonyl (C=O) groups excluding carboxylic acids is 1. The molecule has 0 aliphatic carbocycles. The number of hydrogen-bond acceptors (Lipinski definition) is 6. The van der Waals surface area contributed by atoms with Crippen LogP contribution in [0.25, 0.3) is 0 Å². The van der Waals surface area contributed by atoms with Crippen molar-refractivity contribution < 1.29 is 29.3 Å². The van der Waals surface area contributed by atoms with Crippen molar-refractivity contribution in [3.8, 4) is 0 Å². The molecule has 8 heteroatoms. The molecule has 1 aliphatic rings. The Balaban J connectivity index is 2.84. The number of nitrogens with one attached hydrogen (secondary N) is 1. The van der Waals surface area contributed by atoms with Crippen molar-refractivity contribution in [3.05, 3.63) is 0 Å². The number of carboxylic acid groups (broad SMARTS) is 1. The smallest absolute Gasteiger partial charge is 0.326 e. The highest BCUT2D eigenvalue weighted by atomic mass is 16.6. The van der Waals surface area contributed by atoms with E-state index in [1.165, 1.54) is 19.1 Å². The normalized spacial score (nSPS) is 23.4. The zero-order valence-electron chi connectivity index (χ0n) is 11.9. The first-order valence-corrected chi connectivity index (χ1v) is 6.45. The van der Waals surface area contributed by atoms with Gasteiger partial charge in [0.1, 0.15) is 12.1 Å². The predicted molar refractivity (Wildman–Crippen MR) is 68.8 cm³/mol. The van der Waals surface area contributed by atoms with Crippen molar-refractivity contribution in [2.45, 2.75) is 44.4 Å². The second-order valence-corrected chi connectivity index (χ2v) is 4.70. The fraction of sp³-hybridized carbons (Fsp3) is 0.833. The first-order valence-electron chi connectivity index (χ1n) is 6.45. The molecule has 0 aromatic rings. The quantitative estimate of drug-likeness (QED) is 0.515. The van der Waals surface area contributed by atoms with Gasteiger partial charge in [0.05, 0.1) is 6.10 Å². The second-order valence-electron chi connectivity index (χ2n) is 4.70. The van der Waals surface area contributed by atoms with Crippen LogP contribution in [0.3, 0.4) is 0 Å². The van der Waals surface area contributed by atoms with Crippen LogP contribution in [-0.4, -0.2) is 72.4 Å². The molecule has 1 amide bonds. The van der Waals surface area contributed by atoms with Crippen molar-refractivity contribution in [3.63, 3.8) is 0 Å². The lowest BCUT2D eigenvalue weighted by atomic mass is 10.1. The third-order valence-corrected chi connectivity index (χ3v) is 3.47. The van der Waals surface area contributed by atoms with Crippen LogP contribution in [0.1, 0.15) is 19.8 Å². The van der Waals surface area contributed by atoms with Crippen LogP contribution in [-0.2, 0) is 19.1 Å². The minimum atomic E-state index is -1.33. The number of nitrogens with zero attached hydrogens (tertiary/aromatic N) is 1. The van der Waals surface area contributed by atoms with Gasteiger partial charge in [-0.25, -0.2) is 4.79 Å². The largest absolute Gasteiger partial charge is 0.480 e. The van der Waals surface area contributed by atoms with E-state index in [4.69, 9.17) is 9.84 Å². The summed E-state index contributed by atoms with van der Waals surface area (Å²) in [5.41, 5.74) is 0. The van der Waals surface area contributed by atoms with Gasteiger partial charge in [-0.2, -0.15) is 0 Å². The summed E-state index contributed by atoms with van der Waals surface area (Å²) in [6.07, 6.45) is -0.791. The number of ether oxygens (including phenoxy) is 2. The highest BCUT2D eigenvalue weighted by molar-refractivity contribution is 5.88. The molecule has 1 aliphatic heterocycles. The van der Waals surface area contributed by atoms with Crippen LogP contribution in [0.15, 0.2) is 0 Å². The molecule has 8 nitrogen and oxygen atoms in total. The van der Waals surface area contributed by atoms with E-state index < -0.39 is 36.5 Å². The van der Waals surface area contributed by atoms with Crippen molar-refractivity contribution in [1.29, 1.82) is 0 Å². The number of methoxy groups -OCH3 is 2. The maximum absolute atomic E-state index is 12.5. The summed E-state index contributed by atoms with van der Waals surface area (Å²) in [4.78, 5) is 24.9. The number of carboxylic acids is 1. The Morgan fingerprint density at radius 3 is 2.50 bits per heavy atom. The molecule has 3 N–H and O–H groups in total. The summed E-state index contributed by atoms with van der Waals surface area (Å²) >= 11 is 0. The van der Waals surface area contributed by atoms with Gasteiger partial charge in [0.15, 0.2) is 0 Å². The van der Waals surface area contributed by atoms with Crippen molar-refractivity contribution in [2.75, 3.05) is 20.8 Å². The summed E-state index contributed by atoms with van der Waals surface area (Å²) in [7, 11) is 2.72. The van der Waals surface area contributed by atoms with Gasteiger partial charge in [0, 0.05) is 20.8 Å². The lowest BCUT2D eigenvalue weighted by Gasteiger charge is -2.31. The van der Waals surface area contributed by atoms with Gasteiger partial charge < -0.3 is 24.6 Å². The number of aliphatic carboxylic acids is 1. The van der Waals surface area contributed by atoms with Crippen molar-refractivity contribution >= 4 is 11.9 Å². The standard InChI is InChI=1S/C12H22N2O6/c1-7(19-2)9(13-12(18)20-3)10(15)14-6-4-5-8(14)11(16)17/h7-9,12-13,18H,4-6H2,1-3H3,(H,16,17)/t7-,8+,9+,12?/m1/s1. The van der Waals surface area contributed by atoms with E-state index >= 15 is 0 Å². The Hall–Kier alpha value is -1.22. The van der Waals surface area contributed by atoms with E-state index in [0.29, 0.717) is 19.4 Å². The van der Waals surface area contributed by atoms with Gasteiger partial charge in [-0.3, -0.25) is 10.1 Å². The summed E-state index contributed by atoms with van der Waals surface area (Å²) < 4.78 is 9.77. The molecular weight excluding hydrogens is 268 g/mol. The van der Waals surface area contributed by atoms with E-state index in [-0.39, 0.29) is 0 Å². The predicted octanol–water partition coefficient (Wildman–Crippen LogP) is -1.02. The number of aliphatic hydroxyl groups is 1. The Morgan fingerprint density at radius 1 is 1.35 bits per heavy atom. The maximum Gasteiger partial charge on any atom is 0.326 e. The molecule has 20 heavy (non-hydrogen) atoms. The zero-order chi connectivity index (χ0) is 15.3. The maximum atomic E-state index is 12.5. The summed E-state index contributed by atoms with van der Waals surface area (Å²) in [5, 5.41) is 21.2. The summed E-state index contributed by atoms with van der Waals surface area (Å²) in [6.45, 7) is 2.04. The number of carbonyl (C=O) groups is 2. The minimum absolute atomic E-state index is 0.382. The van der Waals surface area contributed by atoms with Gasteiger partial charge >= 0.3 is 5.97 Å². The molecule has 1 unspecified atom stereocenters. The molecular formula is C12H22N2O6. The zero-order valence-corrected chi connectivity index (χ0v) is 11.9. The SMILES string of the molecule is COC(O)N[C@H](C(=O)N1CCC[C@H]1C(=O)O)[C@@H](C)OC. The Bertz CT molecular complexity index is 351. The molecule has 0 bridgehead atoms. The first kappa shape index (κ1) is 16.8. The third-order valence-electron chi connectivity index (χ3n) is 3.47. The number of amides is 1. The molecule has 0 saturated carbocycles. The molecule has 0 spiro atoms. The Morgan fingerprint density at radius 2 is 2.00 bits per heavy atom. The van der Waals surface area contributed by atoms with Crippen LogP contribution in [0.2, 0.25) is 0 Å². The molecule has 1 saturated heterocycles. The van der Waals surface area contributed by atoms with Crippen LogP contribution in [0.5, 0.6) is 0 Å². The van der Waals surface area contributed by atoms with Crippen molar-refractivity contribution in [2.24, 2.45) is 0 Å². The lowest BCUT2D eigenvalue weighted by molar-refractivity contribution is -0.155. The number of likely N-dealkylation sites (tertiary alicyclic amines) is 1. The van der Waals surface area contributed by atoms with Gasteiger partial charge in [0.25, 0.3) is 0 Å².